The first-order valence-corrected chi connectivity index (χ1v) is 4.09. The fraction of sp³-hybridized carbons (Fsp3) is 0.625. The molecule has 11 heavy (non-hydrogen) atoms. The smallest absolute Gasteiger partial charge is 0.249 e. The Balaban J connectivity index is 1.93. The van der Waals surface area contributed by atoms with Crippen LogP contribution in [0.25, 0.3) is 0 Å². The van der Waals surface area contributed by atoms with Gasteiger partial charge in [0.25, 0.3) is 0 Å². The van der Waals surface area contributed by atoms with Crippen molar-refractivity contribution in [1.29, 1.82) is 0 Å². The predicted molar refractivity (Wildman–Crippen MR) is 41.9 cm³/mol. The Labute approximate surface area is 66.1 Å². The zero-order chi connectivity index (χ0) is 7.68. The quantitative estimate of drug-likeness (QED) is 0.577. The minimum atomic E-state index is -0.0203. The molecule has 0 aromatic rings. The number of rotatable bonds is 1. The van der Waals surface area contributed by atoms with Gasteiger partial charge in [-0.15, -0.1) is 0 Å². The second-order valence-electron chi connectivity index (χ2n) is 3.04. The number of nitrogens with zero attached hydrogens (tertiary/aromatic N) is 1. The molecule has 1 fully saturated rings. The van der Waals surface area contributed by atoms with Crippen molar-refractivity contribution in [2.24, 2.45) is 0 Å². The Kier molecular flexibility index (Phi) is 1.56. The molecule has 1 atom stereocenters. The first kappa shape index (κ1) is 6.70. The fourth-order valence-corrected chi connectivity index (χ4v) is 1.48. The molecule has 0 spiro atoms. The first-order valence-electron chi connectivity index (χ1n) is 4.09. The van der Waals surface area contributed by atoms with E-state index in [1.165, 1.54) is 12.8 Å². The number of hydrogen-bond acceptors (Lipinski definition) is 2. The lowest BCUT2D eigenvalue weighted by molar-refractivity contribution is -0.131. The SMILES string of the molecule is O=C(C1C=CN1)N1CCCC1. The van der Waals surface area contributed by atoms with E-state index in [-0.39, 0.29) is 11.9 Å². The van der Waals surface area contributed by atoms with Crippen molar-refractivity contribution in [2.75, 3.05) is 13.1 Å². The summed E-state index contributed by atoms with van der Waals surface area (Å²) in [6, 6.07) is -0.0203. The molecule has 1 saturated heterocycles. The predicted octanol–water partition coefficient (Wildman–Crippen LogP) is 0.0943. The van der Waals surface area contributed by atoms with Crippen molar-refractivity contribution < 1.29 is 4.79 Å². The summed E-state index contributed by atoms with van der Waals surface area (Å²) < 4.78 is 0. The summed E-state index contributed by atoms with van der Waals surface area (Å²) in [6.07, 6.45) is 6.06. The fourth-order valence-electron chi connectivity index (χ4n) is 1.48. The zero-order valence-electron chi connectivity index (χ0n) is 6.42. The summed E-state index contributed by atoms with van der Waals surface area (Å²) in [7, 11) is 0. The van der Waals surface area contributed by atoms with Gasteiger partial charge in [0.15, 0.2) is 0 Å². The monoisotopic (exact) mass is 152 g/mol. The Bertz CT molecular complexity index is 194. The third-order valence-electron chi connectivity index (χ3n) is 2.25. The van der Waals surface area contributed by atoms with Crippen molar-refractivity contribution in [3.05, 3.63) is 12.3 Å². The van der Waals surface area contributed by atoms with E-state index in [4.69, 9.17) is 0 Å². The average Bonchev–Trinajstić information content (AvgIpc) is 2.32. The lowest BCUT2D eigenvalue weighted by Crippen LogP contribution is -2.46. The molecule has 60 valence electrons. The van der Waals surface area contributed by atoms with Crippen molar-refractivity contribution in [2.45, 2.75) is 18.9 Å². The van der Waals surface area contributed by atoms with Crippen LogP contribution >= 0.6 is 0 Å². The van der Waals surface area contributed by atoms with Gasteiger partial charge in [-0.3, -0.25) is 4.79 Å². The molecule has 1 N–H and O–H groups in total. The largest absolute Gasteiger partial charge is 0.377 e. The van der Waals surface area contributed by atoms with Crippen molar-refractivity contribution in [3.8, 4) is 0 Å². The lowest BCUT2D eigenvalue weighted by atomic mass is 10.2. The molecule has 3 nitrogen and oxygen atoms in total. The molecule has 2 heterocycles. The molecule has 0 radical (unpaired) electrons. The van der Waals surface area contributed by atoms with Crippen LogP contribution in [-0.2, 0) is 4.79 Å². The highest BCUT2D eigenvalue weighted by Crippen LogP contribution is 2.11. The van der Waals surface area contributed by atoms with Crippen molar-refractivity contribution in [3.63, 3.8) is 0 Å². The second-order valence-corrected chi connectivity index (χ2v) is 3.04. The van der Waals surface area contributed by atoms with Gasteiger partial charge < -0.3 is 10.2 Å². The average molecular weight is 152 g/mol. The van der Waals surface area contributed by atoms with Crippen LogP contribution in [0, 0.1) is 0 Å². The normalized spacial score (nSPS) is 28.0. The summed E-state index contributed by atoms with van der Waals surface area (Å²) >= 11 is 0. The van der Waals surface area contributed by atoms with Crippen molar-refractivity contribution in [1.82, 2.24) is 10.2 Å². The van der Waals surface area contributed by atoms with E-state index in [0.29, 0.717) is 0 Å². The van der Waals surface area contributed by atoms with Crippen LogP contribution in [-0.4, -0.2) is 29.9 Å². The van der Waals surface area contributed by atoms with Crippen LogP contribution in [0.5, 0.6) is 0 Å². The number of carbonyl (C=O) groups excluding carboxylic acids is 1. The second kappa shape index (κ2) is 2.57. The summed E-state index contributed by atoms with van der Waals surface area (Å²) in [6.45, 7) is 1.90. The minimum absolute atomic E-state index is 0.0203. The standard InChI is InChI=1S/C8H12N2O/c11-8(7-3-4-9-7)10-5-1-2-6-10/h3-4,7,9H,1-2,5-6H2. The topological polar surface area (TPSA) is 32.3 Å². The van der Waals surface area contributed by atoms with Gasteiger partial charge in [-0.25, -0.2) is 0 Å². The Morgan fingerprint density at radius 3 is 2.55 bits per heavy atom. The van der Waals surface area contributed by atoms with Crippen LogP contribution in [0.3, 0.4) is 0 Å². The lowest BCUT2D eigenvalue weighted by Gasteiger charge is -2.25. The van der Waals surface area contributed by atoms with E-state index in [2.05, 4.69) is 5.32 Å². The first-order chi connectivity index (χ1) is 5.38. The zero-order valence-corrected chi connectivity index (χ0v) is 6.42. The molecular weight excluding hydrogens is 140 g/mol. The molecule has 0 aromatic heterocycles. The van der Waals surface area contributed by atoms with Gasteiger partial charge in [0.1, 0.15) is 6.04 Å². The third kappa shape index (κ3) is 1.11. The number of hydrogen-bond donors (Lipinski definition) is 1. The molecular formula is C8H12N2O. The summed E-state index contributed by atoms with van der Waals surface area (Å²) in [5, 5.41) is 2.95. The Morgan fingerprint density at radius 2 is 2.09 bits per heavy atom. The molecule has 0 bridgehead atoms. The van der Waals surface area contributed by atoms with E-state index in [0.717, 1.165) is 13.1 Å². The number of likely N-dealkylation sites (tertiary alicyclic amines) is 1. The van der Waals surface area contributed by atoms with Gasteiger partial charge in [-0.05, 0) is 25.1 Å². The Morgan fingerprint density at radius 1 is 1.45 bits per heavy atom. The van der Waals surface area contributed by atoms with Crippen LogP contribution in [0.4, 0.5) is 0 Å². The van der Waals surface area contributed by atoms with Crippen molar-refractivity contribution >= 4 is 5.91 Å². The van der Waals surface area contributed by atoms with E-state index in [1.54, 1.807) is 0 Å². The molecule has 0 aromatic carbocycles. The van der Waals surface area contributed by atoms with Crippen LogP contribution in [0.2, 0.25) is 0 Å². The maximum Gasteiger partial charge on any atom is 0.249 e. The molecule has 1 unspecified atom stereocenters. The number of nitrogens with one attached hydrogen (secondary N) is 1. The highest BCUT2D eigenvalue weighted by molar-refractivity contribution is 5.85. The Hall–Kier alpha value is -0.990. The summed E-state index contributed by atoms with van der Waals surface area (Å²) in [5.74, 6) is 0.241. The number of carbonyl (C=O) groups is 1. The molecule has 1 amide bonds. The molecule has 3 heteroatoms. The molecule has 2 rings (SSSR count). The molecule has 2 aliphatic rings. The minimum Gasteiger partial charge on any atom is -0.377 e. The van der Waals surface area contributed by atoms with Crippen LogP contribution in [0.1, 0.15) is 12.8 Å². The van der Waals surface area contributed by atoms with Crippen LogP contribution < -0.4 is 5.32 Å². The summed E-state index contributed by atoms with van der Waals surface area (Å²) in [4.78, 5) is 13.4. The van der Waals surface area contributed by atoms with Gasteiger partial charge in [0.05, 0.1) is 0 Å². The maximum atomic E-state index is 11.4. The van der Waals surface area contributed by atoms with Crippen LogP contribution in [0.15, 0.2) is 12.3 Å². The maximum absolute atomic E-state index is 11.4. The van der Waals surface area contributed by atoms with Gasteiger partial charge in [0.2, 0.25) is 5.91 Å². The third-order valence-corrected chi connectivity index (χ3v) is 2.25. The molecule has 0 saturated carbocycles. The number of amides is 1. The molecule has 2 aliphatic heterocycles. The van der Waals surface area contributed by atoms with Gasteiger partial charge in [-0.1, -0.05) is 0 Å². The van der Waals surface area contributed by atoms with E-state index >= 15 is 0 Å². The summed E-state index contributed by atoms with van der Waals surface area (Å²) in [5.41, 5.74) is 0. The van der Waals surface area contributed by atoms with E-state index in [1.807, 2.05) is 17.2 Å². The van der Waals surface area contributed by atoms with Gasteiger partial charge >= 0.3 is 0 Å². The highest BCUT2D eigenvalue weighted by Gasteiger charge is 2.26. The highest BCUT2D eigenvalue weighted by atomic mass is 16.2. The van der Waals surface area contributed by atoms with Gasteiger partial charge in [-0.2, -0.15) is 0 Å². The van der Waals surface area contributed by atoms with E-state index < -0.39 is 0 Å². The van der Waals surface area contributed by atoms with Gasteiger partial charge in [0, 0.05) is 13.1 Å². The van der Waals surface area contributed by atoms with E-state index in [9.17, 15) is 4.79 Å². The molecule has 0 aliphatic carbocycles.